The SMILES string of the molecule is C=C(OC)c1cc(CN2CCC[C@@H](NC(=O)OC(C)(C)C)C2)ccn1. The Morgan fingerprint density at radius 3 is 2.92 bits per heavy atom. The number of pyridine rings is 1. The van der Waals surface area contributed by atoms with Crippen LogP contribution in [0.4, 0.5) is 4.79 Å². The van der Waals surface area contributed by atoms with Crippen LogP contribution in [0.25, 0.3) is 5.76 Å². The van der Waals surface area contributed by atoms with Gasteiger partial charge in [-0.25, -0.2) is 4.79 Å². The van der Waals surface area contributed by atoms with Gasteiger partial charge in [0.15, 0.2) is 0 Å². The fourth-order valence-electron chi connectivity index (χ4n) is 2.88. The van der Waals surface area contributed by atoms with Gasteiger partial charge in [0.2, 0.25) is 0 Å². The number of likely N-dealkylation sites (tertiary alicyclic amines) is 1. The highest BCUT2D eigenvalue weighted by Gasteiger charge is 2.24. The molecule has 25 heavy (non-hydrogen) atoms. The first-order chi connectivity index (χ1) is 11.8. The minimum absolute atomic E-state index is 0.110. The summed E-state index contributed by atoms with van der Waals surface area (Å²) in [6.07, 6.45) is 3.44. The fourth-order valence-corrected chi connectivity index (χ4v) is 2.88. The Kier molecular flexibility index (Phi) is 6.42. The largest absolute Gasteiger partial charge is 0.495 e. The number of hydrogen-bond acceptors (Lipinski definition) is 5. The molecule has 1 fully saturated rings. The highest BCUT2D eigenvalue weighted by atomic mass is 16.6. The van der Waals surface area contributed by atoms with E-state index in [-0.39, 0.29) is 12.1 Å². The molecule has 6 heteroatoms. The van der Waals surface area contributed by atoms with Crippen LogP contribution in [0.3, 0.4) is 0 Å². The van der Waals surface area contributed by atoms with E-state index >= 15 is 0 Å². The number of alkyl carbamates (subject to hydrolysis) is 1. The van der Waals surface area contributed by atoms with Crippen LogP contribution in [0.1, 0.15) is 44.9 Å². The van der Waals surface area contributed by atoms with Crippen molar-refractivity contribution in [2.75, 3.05) is 20.2 Å². The number of ether oxygens (including phenoxy) is 2. The number of aromatic nitrogens is 1. The molecule has 0 unspecified atom stereocenters. The minimum atomic E-state index is -0.477. The van der Waals surface area contributed by atoms with Crippen molar-refractivity contribution >= 4 is 11.9 Å². The summed E-state index contributed by atoms with van der Waals surface area (Å²) >= 11 is 0. The van der Waals surface area contributed by atoms with E-state index < -0.39 is 5.60 Å². The molecule has 1 atom stereocenters. The smallest absolute Gasteiger partial charge is 0.407 e. The van der Waals surface area contributed by atoms with Crippen LogP contribution in [-0.2, 0) is 16.0 Å². The quantitative estimate of drug-likeness (QED) is 0.829. The van der Waals surface area contributed by atoms with Gasteiger partial charge in [-0.05, 0) is 57.9 Å². The van der Waals surface area contributed by atoms with Crippen molar-refractivity contribution < 1.29 is 14.3 Å². The van der Waals surface area contributed by atoms with Gasteiger partial charge in [-0.3, -0.25) is 9.88 Å². The Morgan fingerprint density at radius 2 is 2.24 bits per heavy atom. The van der Waals surface area contributed by atoms with E-state index in [9.17, 15) is 4.79 Å². The Balaban J connectivity index is 1.91. The third kappa shape index (κ3) is 6.38. The number of piperidine rings is 1. The third-order valence-electron chi connectivity index (χ3n) is 3.99. The number of carbonyl (C=O) groups is 1. The molecule has 2 heterocycles. The molecule has 0 saturated carbocycles. The molecule has 1 saturated heterocycles. The third-order valence-corrected chi connectivity index (χ3v) is 3.99. The minimum Gasteiger partial charge on any atom is -0.495 e. The van der Waals surface area contributed by atoms with Gasteiger partial charge in [-0.15, -0.1) is 0 Å². The maximum atomic E-state index is 12.0. The average molecular weight is 347 g/mol. The molecule has 2 rings (SSSR count). The lowest BCUT2D eigenvalue weighted by molar-refractivity contribution is 0.0470. The number of methoxy groups -OCH3 is 1. The lowest BCUT2D eigenvalue weighted by atomic mass is 10.0. The lowest BCUT2D eigenvalue weighted by Gasteiger charge is -2.33. The predicted octanol–water partition coefficient (Wildman–Crippen LogP) is 3.19. The molecule has 1 aliphatic rings. The standard InChI is InChI=1S/C19H29N3O3/c1-14(24-5)17-11-15(8-9-20-17)12-22-10-6-7-16(13-22)21-18(23)25-19(2,3)4/h8-9,11,16H,1,6-7,10,12-13H2,2-5H3,(H,21,23)/t16-/m1/s1. The molecule has 0 spiro atoms. The summed E-state index contributed by atoms with van der Waals surface area (Å²) in [6.45, 7) is 12.1. The molecule has 6 nitrogen and oxygen atoms in total. The van der Waals surface area contributed by atoms with E-state index in [0.717, 1.165) is 43.7 Å². The maximum Gasteiger partial charge on any atom is 0.407 e. The van der Waals surface area contributed by atoms with Crippen LogP contribution < -0.4 is 5.32 Å². The number of amides is 1. The second kappa shape index (κ2) is 8.34. The van der Waals surface area contributed by atoms with Gasteiger partial charge in [-0.1, -0.05) is 6.58 Å². The molecule has 0 bridgehead atoms. The van der Waals surface area contributed by atoms with Gasteiger partial charge in [0.25, 0.3) is 0 Å². The van der Waals surface area contributed by atoms with Crippen molar-refractivity contribution in [1.29, 1.82) is 0 Å². The molecule has 1 aromatic rings. The number of hydrogen-bond donors (Lipinski definition) is 1. The number of nitrogens with zero attached hydrogens (tertiary/aromatic N) is 2. The first-order valence-corrected chi connectivity index (χ1v) is 8.67. The average Bonchev–Trinajstić information content (AvgIpc) is 2.52. The van der Waals surface area contributed by atoms with E-state index in [1.807, 2.05) is 32.9 Å². The van der Waals surface area contributed by atoms with Gasteiger partial charge in [0.1, 0.15) is 17.1 Å². The predicted molar refractivity (Wildman–Crippen MR) is 97.9 cm³/mol. The number of rotatable bonds is 5. The molecule has 0 aromatic carbocycles. The molecule has 1 amide bonds. The monoisotopic (exact) mass is 347 g/mol. The second-order valence-corrected chi connectivity index (χ2v) is 7.40. The fraction of sp³-hybridized carbons (Fsp3) is 0.579. The van der Waals surface area contributed by atoms with Crippen LogP contribution in [-0.4, -0.2) is 47.8 Å². The van der Waals surface area contributed by atoms with Gasteiger partial charge < -0.3 is 14.8 Å². The van der Waals surface area contributed by atoms with Crippen LogP contribution >= 0.6 is 0 Å². The highest BCUT2D eigenvalue weighted by Crippen LogP contribution is 2.17. The van der Waals surface area contributed by atoms with Gasteiger partial charge in [-0.2, -0.15) is 0 Å². The Hall–Kier alpha value is -2.08. The van der Waals surface area contributed by atoms with Gasteiger partial charge in [0.05, 0.1) is 7.11 Å². The van der Waals surface area contributed by atoms with Crippen molar-refractivity contribution in [2.24, 2.45) is 0 Å². The summed E-state index contributed by atoms with van der Waals surface area (Å²) in [4.78, 5) is 18.6. The highest BCUT2D eigenvalue weighted by molar-refractivity contribution is 5.68. The zero-order valence-electron chi connectivity index (χ0n) is 15.7. The topological polar surface area (TPSA) is 63.7 Å². The summed E-state index contributed by atoms with van der Waals surface area (Å²) in [5.74, 6) is 0.560. The molecule has 1 N–H and O–H groups in total. The number of nitrogens with one attached hydrogen (secondary N) is 1. The summed E-state index contributed by atoms with van der Waals surface area (Å²) in [5, 5.41) is 2.98. The molecule has 0 radical (unpaired) electrons. The summed E-state index contributed by atoms with van der Waals surface area (Å²) < 4.78 is 10.5. The Bertz CT molecular complexity index is 610. The zero-order valence-corrected chi connectivity index (χ0v) is 15.7. The summed E-state index contributed by atoms with van der Waals surface area (Å²) in [5.41, 5.74) is 1.43. The first-order valence-electron chi connectivity index (χ1n) is 8.67. The van der Waals surface area contributed by atoms with Gasteiger partial charge in [0, 0.05) is 25.3 Å². The second-order valence-electron chi connectivity index (χ2n) is 7.40. The van der Waals surface area contributed by atoms with Crippen molar-refractivity contribution in [3.8, 4) is 0 Å². The normalized spacial score (nSPS) is 18.5. The number of carbonyl (C=O) groups excluding carboxylic acids is 1. The molecule has 1 aromatic heterocycles. The molecule has 0 aliphatic carbocycles. The lowest BCUT2D eigenvalue weighted by Crippen LogP contribution is -2.48. The van der Waals surface area contributed by atoms with E-state index in [4.69, 9.17) is 9.47 Å². The molecule has 1 aliphatic heterocycles. The maximum absolute atomic E-state index is 12.0. The molecular weight excluding hydrogens is 318 g/mol. The Morgan fingerprint density at radius 1 is 1.48 bits per heavy atom. The van der Waals surface area contributed by atoms with Crippen LogP contribution in [0.5, 0.6) is 0 Å². The zero-order chi connectivity index (χ0) is 18.4. The van der Waals surface area contributed by atoms with Crippen molar-refractivity contribution in [1.82, 2.24) is 15.2 Å². The van der Waals surface area contributed by atoms with Crippen molar-refractivity contribution in [2.45, 2.75) is 51.8 Å². The molecule has 138 valence electrons. The van der Waals surface area contributed by atoms with Crippen LogP contribution in [0.15, 0.2) is 24.9 Å². The first kappa shape index (κ1) is 19.2. The summed E-state index contributed by atoms with van der Waals surface area (Å²) in [6, 6.07) is 4.10. The Labute approximate surface area is 150 Å². The van der Waals surface area contributed by atoms with E-state index in [1.165, 1.54) is 0 Å². The van der Waals surface area contributed by atoms with Crippen molar-refractivity contribution in [3.63, 3.8) is 0 Å². The van der Waals surface area contributed by atoms with E-state index in [0.29, 0.717) is 5.76 Å². The van der Waals surface area contributed by atoms with Crippen molar-refractivity contribution in [3.05, 3.63) is 36.2 Å². The van der Waals surface area contributed by atoms with Crippen LogP contribution in [0, 0.1) is 0 Å². The van der Waals surface area contributed by atoms with Gasteiger partial charge >= 0.3 is 6.09 Å². The van der Waals surface area contributed by atoms with Crippen LogP contribution in [0.2, 0.25) is 0 Å². The van der Waals surface area contributed by atoms with E-state index in [1.54, 1.807) is 13.3 Å². The molecular formula is C19H29N3O3. The summed E-state index contributed by atoms with van der Waals surface area (Å²) in [7, 11) is 1.59. The van der Waals surface area contributed by atoms with E-state index in [2.05, 4.69) is 21.8 Å².